The van der Waals surface area contributed by atoms with Crippen molar-refractivity contribution >= 4 is 17.6 Å². The molecule has 6 nitrogen and oxygen atoms in total. The summed E-state index contributed by atoms with van der Waals surface area (Å²) in [6.07, 6.45) is 2.50. The van der Waals surface area contributed by atoms with E-state index in [4.69, 9.17) is 20.8 Å². The van der Waals surface area contributed by atoms with Crippen LogP contribution in [-0.2, 0) is 11.2 Å². The summed E-state index contributed by atoms with van der Waals surface area (Å²) in [7, 11) is 1.78. The van der Waals surface area contributed by atoms with Crippen LogP contribution in [0.2, 0.25) is 5.02 Å². The third-order valence-electron chi connectivity index (χ3n) is 4.68. The normalized spacial score (nSPS) is 16.9. The van der Waals surface area contributed by atoms with Gasteiger partial charge in [-0.25, -0.2) is 0 Å². The van der Waals surface area contributed by atoms with Gasteiger partial charge in [0.1, 0.15) is 5.76 Å². The quantitative estimate of drug-likeness (QED) is 0.562. The molecule has 1 fully saturated rings. The number of benzene rings is 1. The lowest BCUT2D eigenvalue weighted by atomic mass is 10.0. The van der Waals surface area contributed by atoms with E-state index in [0.29, 0.717) is 6.54 Å². The van der Waals surface area contributed by atoms with Crippen molar-refractivity contribution in [3.63, 3.8) is 0 Å². The average molecular weight is 391 g/mol. The molecular weight excluding hydrogens is 364 g/mol. The zero-order valence-corrected chi connectivity index (χ0v) is 16.4. The number of rotatable bonds is 7. The second-order valence-electron chi connectivity index (χ2n) is 6.39. The fourth-order valence-electron chi connectivity index (χ4n) is 3.24. The van der Waals surface area contributed by atoms with Crippen LogP contribution in [0.15, 0.2) is 52.1 Å². The number of furan rings is 1. The Balaban J connectivity index is 1.60. The topological polar surface area (TPSA) is 62.0 Å². The third-order valence-corrected chi connectivity index (χ3v) is 5.03. The summed E-state index contributed by atoms with van der Waals surface area (Å²) in [6, 6.07) is 12.1. The summed E-state index contributed by atoms with van der Waals surface area (Å²) in [6.45, 7) is 4.74. The van der Waals surface area contributed by atoms with Gasteiger partial charge in [0, 0.05) is 44.7 Å². The third kappa shape index (κ3) is 5.73. The second kappa shape index (κ2) is 10.3. The first-order valence-electron chi connectivity index (χ1n) is 9.31. The van der Waals surface area contributed by atoms with Crippen LogP contribution in [0.4, 0.5) is 0 Å². The first-order valence-corrected chi connectivity index (χ1v) is 9.69. The van der Waals surface area contributed by atoms with Gasteiger partial charge in [0.05, 0.1) is 25.5 Å². The molecule has 1 unspecified atom stereocenters. The van der Waals surface area contributed by atoms with Crippen molar-refractivity contribution in [1.82, 2.24) is 15.5 Å². The van der Waals surface area contributed by atoms with E-state index in [-0.39, 0.29) is 6.04 Å². The van der Waals surface area contributed by atoms with Gasteiger partial charge in [-0.2, -0.15) is 0 Å². The first kappa shape index (κ1) is 19.7. The molecule has 0 spiro atoms. The zero-order chi connectivity index (χ0) is 18.9. The number of nitrogens with zero attached hydrogens (tertiary/aromatic N) is 2. The van der Waals surface area contributed by atoms with Gasteiger partial charge in [-0.05, 0) is 23.8 Å². The van der Waals surface area contributed by atoms with E-state index in [1.807, 2.05) is 30.3 Å². The van der Waals surface area contributed by atoms with E-state index in [0.717, 1.165) is 61.6 Å². The summed E-state index contributed by atoms with van der Waals surface area (Å²) in [5.41, 5.74) is 1.12. The molecule has 7 heteroatoms. The van der Waals surface area contributed by atoms with Crippen LogP contribution in [0.1, 0.15) is 17.4 Å². The summed E-state index contributed by atoms with van der Waals surface area (Å²) in [5, 5.41) is 7.56. The highest BCUT2D eigenvalue weighted by Gasteiger charge is 2.24. The Kier molecular flexibility index (Phi) is 7.56. The molecule has 1 aliphatic rings. The maximum atomic E-state index is 6.49. The minimum Gasteiger partial charge on any atom is -0.469 e. The molecule has 0 saturated carbocycles. The average Bonchev–Trinajstić information content (AvgIpc) is 3.22. The Morgan fingerprint density at radius 2 is 2.00 bits per heavy atom. The molecule has 2 aromatic rings. The summed E-state index contributed by atoms with van der Waals surface area (Å²) < 4.78 is 10.9. The van der Waals surface area contributed by atoms with Crippen LogP contribution in [0, 0.1) is 0 Å². The smallest absolute Gasteiger partial charge is 0.191 e. The lowest BCUT2D eigenvalue weighted by Crippen LogP contribution is -2.46. The molecule has 0 amide bonds. The van der Waals surface area contributed by atoms with Crippen LogP contribution < -0.4 is 10.6 Å². The van der Waals surface area contributed by atoms with Crippen molar-refractivity contribution in [2.75, 3.05) is 46.4 Å². The number of guanidine groups is 1. The van der Waals surface area contributed by atoms with E-state index in [2.05, 4.69) is 26.6 Å². The Morgan fingerprint density at radius 1 is 1.19 bits per heavy atom. The summed E-state index contributed by atoms with van der Waals surface area (Å²) in [4.78, 5) is 6.74. The molecule has 1 saturated heterocycles. The Morgan fingerprint density at radius 3 is 2.70 bits per heavy atom. The summed E-state index contributed by atoms with van der Waals surface area (Å²) in [5.74, 6) is 1.73. The van der Waals surface area contributed by atoms with Gasteiger partial charge in [-0.1, -0.05) is 29.8 Å². The number of halogens is 1. The van der Waals surface area contributed by atoms with Crippen LogP contribution >= 0.6 is 11.6 Å². The lowest BCUT2D eigenvalue weighted by molar-refractivity contribution is 0.0170. The molecule has 0 radical (unpaired) electrons. The molecule has 2 heterocycles. The van der Waals surface area contributed by atoms with Crippen molar-refractivity contribution in [2.45, 2.75) is 12.5 Å². The predicted octanol–water partition coefficient (Wildman–Crippen LogP) is 2.71. The molecule has 146 valence electrons. The van der Waals surface area contributed by atoms with E-state index in [9.17, 15) is 0 Å². The maximum absolute atomic E-state index is 6.49. The van der Waals surface area contributed by atoms with Crippen molar-refractivity contribution in [3.05, 3.63) is 59.0 Å². The number of nitrogens with one attached hydrogen (secondary N) is 2. The molecule has 2 N–H and O–H groups in total. The molecule has 1 aliphatic heterocycles. The molecule has 1 aromatic heterocycles. The van der Waals surface area contributed by atoms with E-state index < -0.39 is 0 Å². The van der Waals surface area contributed by atoms with Crippen molar-refractivity contribution in [3.8, 4) is 0 Å². The van der Waals surface area contributed by atoms with Crippen LogP contribution in [-0.4, -0.2) is 57.3 Å². The highest BCUT2D eigenvalue weighted by atomic mass is 35.5. The molecule has 3 rings (SSSR count). The number of hydrogen-bond acceptors (Lipinski definition) is 4. The van der Waals surface area contributed by atoms with Gasteiger partial charge in [-0.3, -0.25) is 9.89 Å². The Bertz CT molecular complexity index is 715. The second-order valence-corrected chi connectivity index (χ2v) is 6.80. The standard InChI is InChI=1S/C20H27ClN4O2/c1-22-20(23-9-8-16-5-4-12-27-16)24-15-19(25-10-13-26-14-11-25)17-6-2-3-7-18(17)21/h2-7,12,19H,8-11,13-15H2,1H3,(H2,22,23,24). The van der Waals surface area contributed by atoms with Crippen molar-refractivity contribution in [1.29, 1.82) is 0 Å². The van der Waals surface area contributed by atoms with Gasteiger partial charge in [0.15, 0.2) is 5.96 Å². The lowest BCUT2D eigenvalue weighted by Gasteiger charge is -2.35. The Hall–Kier alpha value is -2.02. The minimum atomic E-state index is 0.159. The van der Waals surface area contributed by atoms with Crippen LogP contribution in [0.5, 0.6) is 0 Å². The van der Waals surface area contributed by atoms with Gasteiger partial charge in [-0.15, -0.1) is 0 Å². The van der Waals surface area contributed by atoms with Gasteiger partial charge in [0.2, 0.25) is 0 Å². The van der Waals surface area contributed by atoms with E-state index in [1.54, 1.807) is 13.3 Å². The van der Waals surface area contributed by atoms with Gasteiger partial charge >= 0.3 is 0 Å². The number of morpholine rings is 1. The Labute approximate surface area is 165 Å². The highest BCUT2D eigenvalue weighted by Crippen LogP contribution is 2.27. The monoisotopic (exact) mass is 390 g/mol. The van der Waals surface area contributed by atoms with Gasteiger partial charge in [0.25, 0.3) is 0 Å². The molecule has 0 aliphatic carbocycles. The van der Waals surface area contributed by atoms with Crippen LogP contribution in [0.3, 0.4) is 0 Å². The van der Waals surface area contributed by atoms with Gasteiger partial charge < -0.3 is 19.8 Å². The number of aliphatic imine (C=N–C) groups is 1. The molecule has 1 aromatic carbocycles. The fourth-order valence-corrected chi connectivity index (χ4v) is 3.50. The predicted molar refractivity (Wildman–Crippen MR) is 108 cm³/mol. The van der Waals surface area contributed by atoms with E-state index in [1.165, 1.54) is 0 Å². The minimum absolute atomic E-state index is 0.159. The number of ether oxygens (including phenoxy) is 1. The molecule has 1 atom stereocenters. The molecular formula is C20H27ClN4O2. The SMILES string of the molecule is CN=C(NCCc1ccco1)NCC(c1ccccc1Cl)N1CCOCC1. The van der Waals surface area contributed by atoms with Crippen molar-refractivity contribution in [2.24, 2.45) is 4.99 Å². The summed E-state index contributed by atoms with van der Waals surface area (Å²) >= 11 is 6.49. The number of hydrogen-bond donors (Lipinski definition) is 2. The zero-order valence-electron chi connectivity index (χ0n) is 15.7. The molecule has 0 bridgehead atoms. The fraction of sp³-hybridized carbons (Fsp3) is 0.450. The van der Waals surface area contributed by atoms with Crippen molar-refractivity contribution < 1.29 is 9.15 Å². The molecule has 27 heavy (non-hydrogen) atoms. The largest absolute Gasteiger partial charge is 0.469 e. The first-order chi connectivity index (χ1) is 13.3. The van der Waals surface area contributed by atoms with Crippen LogP contribution in [0.25, 0.3) is 0 Å². The maximum Gasteiger partial charge on any atom is 0.191 e. The highest BCUT2D eigenvalue weighted by molar-refractivity contribution is 6.31. The van der Waals surface area contributed by atoms with E-state index >= 15 is 0 Å².